The fourth-order valence-corrected chi connectivity index (χ4v) is 3.35. The van der Waals surface area contributed by atoms with Crippen LogP contribution < -0.4 is 5.32 Å². The van der Waals surface area contributed by atoms with Crippen molar-refractivity contribution in [2.24, 2.45) is 10.5 Å². The summed E-state index contributed by atoms with van der Waals surface area (Å²) in [6.45, 7) is 6.34. The summed E-state index contributed by atoms with van der Waals surface area (Å²) >= 11 is 0. The van der Waals surface area contributed by atoms with Crippen molar-refractivity contribution in [2.45, 2.75) is 76.6 Å². The molecule has 0 radical (unpaired) electrons. The molecule has 0 aromatic heterocycles. The van der Waals surface area contributed by atoms with Crippen LogP contribution in [0.1, 0.15) is 40.0 Å². The third kappa shape index (κ3) is 8.91. The molecule has 0 aliphatic carbocycles. The Bertz CT molecular complexity index is 653. The van der Waals surface area contributed by atoms with Gasteiger partial charge in [0.1, 0.15) is 24.4 Å². The van der Waals surface area contributed by atoms with Crippen molar-refractivity contribution in [1.29, 1.82) is 5.53 Å². The first-order valence-electron chi connectivity index (χ1n) is 10.8. The SMILES string of the molecule is CO[C@@H](C(=O)N[C@H]1CC[C@H](O)CN(CCCN=N)C1=O)[C@H](O)[C@@H](O)[C@H](O)/C=C/C(C)(C)C. The average Bonchev–Trinajstić information content (AvgIpc) is 2.85. The minimum absolute atomic E-state index is 0.116. The molecule has 0 bridgehead atoms. The van der Waals surface area contributed by atoms with Gasteiger partial charge in [0.05, 0.1) is 12.6 Å². The maximum Gasteiger partial charge on any atom is 0.252 e. The van der Waals surface area contributed by atoms with Gasteiger partial charge in [0.2, 0.25) is 5.91 Å². The third-order valence-electron chi connectivity index (χ3n) is 5.16. The van der Waals surface area contributed by atoms with E-state index in [-0.39, 0.29) is 37.9 Å². The number of carbonyl (C=O) groups is 2. The summed E-state index contributed by atoms with van der Waals surface area (Å²) in [7, 11) is 1.17. The molecule has 0 saturated carbocycles. The average molecular weight is 459 g/mol. The molecule has 1 fully saturated rings. The first-order chi connectivity index (χ1) is 14.9. The van der Waals surface area contributed by atoms with Crippen LogP contribution in [0.15, 0.2) is 17.3 Å². The van der Waals surface area contributed by atoms with Gasteiger partial charge in [-0.3, -0.25) is 9.59 Å². The highest BCUT2D eigenvalue weighted by atomic mass is 16.5. The molecule has 1 saturated heterocycles. The van der Waals surface area contributed by atoms with Gasteiger partial charge in [-0.25, -0.2) is 5.53 Å². The third-order valence-corrected chi connectivity index (χ3v) is 5.16. The van der Waals surface area contributed by atoms with E-state index in [4.69, 9.17) is 10.3 Å². The zero-order valence-corrected chi connectivity index (χ0v) is 19.3. The van der Waals surface area contributed by atoms with E-state index in [0.29, 0.717) is 6.42 Å². The number of likely N-dealkylation sites (tertiary alicyclic amines) is 1. The Morgan fingerprint density at radius 1 is 1.31 bits per heavy atom. The normalized spacial score (nSPS) is 24.0. The summed E-state index contributed by atoms with van der Waals surface area (Å²) < 4.78 is 5.06. The van der Waals surface area contributed by atoms with Crippen molar-refractivity contribution in [3.8, 4) is 0 Å². The van der Waals surface area contributed by atoms with Crippen LogP contribution in [-0.2, 0) is 14.3 Å². The van der Waals surface area contributed by atoms with Gasteiger partial charge in [-0.2, -0.15) is 5.11 Å². The molecule has 2 amide bonds. The van der Waals surface area contributed by atoms with Crippen LogP contribution in [0.25, 0.3) is 0 Å². The summed E-state index contributed by atoms with van der Waals surface area (Å²) in [6, 6.07) is -0.944. The van der Waals surface area contributed by atoms with Crippen LogP contribution in [-0.4, -0.2) is 100 Å². The number of aliphatic hydroxyl groups excluding tert-OH is 4. The number of hydrogen-bond acceptors (Lipinski definition) is 9. The van der Waals surface area contributed by atoms with Gasteiger partial charge in [-0.05, 0) is 24.7 Å². The molecule has 184 valence electrons. The second kappa shape index (κ2) is 12.9. The number of rotatable bonds is 11. The molecule has 1 aliphatic heterocycles. The van der Waals surface area contributed by atoms with E-state index in [1.54, 1.807) is 6.08 Å². The lowest BCUT2D eigenvalue weighted by Gasteiger charge is -2.29. The van der Waals surface area contributed by atoms with E-state index >= 15 is 0 Å². The van der Waals surface area contributed by atoms with Gasteiger partial charge < -0.3 is 35.4 Å². The number of nitrogens with zero attached hydrogens (tertiary/aromatic N) is 2. The molecule has 11 nitrogen and oxygen atoms in total. The van der Waals surface area contributed by atoms with E-state index in [2.05, 4.69) is 10.4 Å². The number of nitrogens with one attached hydrogen (secondary N) is 2. The van der Waals surface area contributed by atoms with E-state index in [9.17, 15) is 30.0 Å². The van der Waals surface area contributed by atoms with Crippen LogP contribution >= 0.6 is 0 Å². The maximum absolute atomic E-state index is 12.8. The van der Waals surface area contributed by atoms with Crippen molar-refractivity contribution < 1.29 is 34.8 Å². The lowest BCUT2D eigenvalue weighted by atomic mass is 9.94. The van der Waals surface area contributed by atoms with Crippen LogP contribution in [0.4, 0.5) is 0 Å². The summed E-state index contributed by atoms with van der Waals surface area (Å²) in [6.07, 6.45) is -3.20. The highest BCUT2D eigenvalue weighted by Crippen LogP contribution is 2.18. The zero-order chi connectivity index (χ0) is 24.5. The Morgan fingerprint density at radius 3 is 2.53 bits per heavy atom. The smallest absolute Gasteiger partial charge is 0.252 e. The predicted molar refractivity (Wildman–Crippen MR) is 116 cm³/mol. The fourth-order valence-electron chi connectivity index (χ4n) is 3.35. The minimum Gasteiger partial charge on any atom is -0.391 e. The molecule has 6 N–H and O–H groups in total. The Hall–Kier alpha value is -1.92. The predicted octanol–water partition coefficient (Wildman–Crippen LogP) is -0.424. The van der Waals surface area contributed by atoms with E-state index in [1.165, 1.54) is 18.1 Å². The first kappa shape index (κ1) is 28.1. The number of methoxy groups -OCH3 is 1. The topological polar surface area (TPSA) is 176 Å². The summed E-state index contributed by atoms with van der Waals surface area (Å²) in [5.74, 6) is -1.21. The van der Waals surface area contributed by atoms with Crippen LogP contribution in [0.5, 0.6) is 0 Å². The number of carbonyl (C=O) groups excluding carboxylic acids is 2. The number of β-amino-alcohol motifs (C(OH)–C–C–N with tert-alkyl or cyclic N) is 1. The quantitative estimate of drug-likeness (QED) is 0.138. The lowest BCUT2D eigenvalue weighted by Crippen LogP contribution is -2.56. The Morgan fingerprint density at radius 2 is 1.97 bits per heavy atom. The molecular formula is C21H38N4O7. The summed E-state index contributed by atoms with van der Waals surface area (Å²) in [5.41, 5.74) is 6.59. The van der Waals surface area contributed by atoms with Gasteiger partial charge >= 0.3 is 0 Å². The minimum atomic E-state index is -1.75. The van der Waals surface area contributed by atoms with Crippen molar-refractivity contribution in [3.05, 3.63) is 12.2 Å². The Kier molecular flexibility index (Phi) is 11.4. The van der Waals surface area contributed by atoms with E-state index < -0.39 is 48.4 Å². The highest BCUT2D eigenvalue weighted by Gasteiger charge is 2.38. The summed E-state index contributed by atoms with van der Waals surface area (Å²) in [4.78, 5) is 27.0. The number of aliphatic hydroxyl groups is 4. The molecule has 0 aromatic carbocycles. The number of amides is 2. The Balaban J connectivity index is 2.85. The van der Waals surface area contributed by atoms with Gasteiger partial charge in [0.15, 0.2) is 6.10 Å². The molecule has 1 aliphatic rings. The molecule has 6 atom stereocenters. The fraction of sp³-hybridized carbons (Fsp3) is 0.810. The summed E-state index contributed by atoms with van der Waals surface area (Å²) in [5, 5.41) is 46.7. The molecule has 0 unspecified atom stereocenters. The lowest BCUT2D eigenvalue weighted by molar-refractivity contribution is -0.151. The van der Waals surface area contributed by atoms with Crippen molar-refractivity contribution in [2.75, 3.05) is 26.7 Å². The Labute approximate surface area is 189 Å². The largest absolute Gasteiger partial charge is 0.391 e. The second-order valence-corrected chi connectivity index (χ2v) is 9.17. The number of allylic oxidation sites excluding steroid dienone is 1. The monoisotopic (exact) mass is 458 g/mol. The zero-order valence-electron chi connectivity index (χ0n) is 19.3. The number of ether oxygens (including phenoxy) is 1. The molecule has 0 spiro atoms. The van der Waals surface area contributed by atoms with Crippen molar-refractivity contribution in [3.63, 3.8) is 0 Å². The van der Waals surface area contributed by atoms with Gasteiger partial charge in [-0.15, -0.1) is 0 Å². The van der Waals surface area contributed by atoms with Crippen molar-refractivity contribution >= 4 is 11.8 Å². The number of hydrogen-bond donors (Lipinski definition) is 6. The molecule has 11 heteroatoms. The standard InChI is InChI=1S/C21H38N4O7/c1-21(2,3)9-8-15(27)16(28)17(29)18(32-4)19(30)24-14-7-6-13(26)12-25(20(14)31)11-5-10-23-22/h8-9,13-18,22,26-29H,5-7,10-12H2,1-4H3,(H,24,30)/b9-8+,23-22?/t13-,14-,15+,16-,17+,18+/m0/s1. The van der Waals surface area contributed by atoms with Crippen LogP contribution in [0.2, 0.25) is 0 Å². The molecule has 32 heavy (non-hydrogen) atoms. The molecular weight excluding hydrogens is 420 g/mol. The molecule has 0 aromatic rings. The molecule has 1 heterocycles. The van der Waals surface area contributed by atoms with Gasteiger partial charge in [-0.1, -0.05) is 32.9 Å². The maximum atomic E-state index is 12.8. The van der Waals surface area contributed by atoms with Gasteiger partial charge in [0, 0.05) is 20.2 Å². The van der Waals surface area contributed by atoms with Crippen LogP contribution in [0.3, 0.4) is 0 Å². The van der Waals surface area contributed by atoms with Gasteiger partial charge in [0.25, 0.3) is 5.91 Å². The van der Waals surface area contributed by atoms with Crippen LogP contribution in [0, 0.1) is 10.9 Å². The van der Waals surface area contributed by atoms with Crippen molar-refractivity contribution in [1.82, 2.24) is 10.2 Å². The van der Waals surface area contributed by atoms with E-state index in [0.717, 1.165) is 0 Å². The second-order valence-electron chi connectivity index (χ2n) is 9.17. The highest BCUT2D eigenvalue weighted by molar-refractivity contribution is 5.90. The first-order valence-corrected chi connectivity index (χ1v) is 10.8. The molecule has 1 rings (SSSR count). The van der Waals surface area contributed by atoms with E-state index in [1.807, 2.05) is 20.8 Å².